The molecule has 13 heteroatoms. The highest BCUT2D eigenvalue weighted by atomic mass is 16.6. The van der Waals surface area contributed by atoms with E-state index in [9.17, 15) is 24.0 Å². The van der Waals surface area contributed by atoms with Crippen LogP contribution in [0.15, 0.2) is 97.1 Å². The summed E-state index contributed by atoms with van der Waals surface area (Å²) in [5.74, 6) is -0.172. The highest BCUT2D eigenvalue weighted by Crippen LogP contribution is 2.41. The first-order valence-corrected chi connectivity index (χ1v) is 22.5. The molecule has 2 heterocycles. The van der Waals surface area contributed by atoms with E-state index >= 15 is 0 Å². The maximum absolute atomic E-state index is 13.1. The summed E-state index contributed by atoms with van der Waals surface area (Å²) in [6, 6.07) is 29.2. The van der Waals surface area contributed by atoms with E-state index in [1.54, 1.807) is 0 Å². The molecule has 0 aromatic heterocycles. The zero-order valence-electron chi connectivity index (χ0n) is 38.1. The molecule has 0 bridgehead atoms. The van der Waals surface area contributed by atoms with Gasteiger partial charge in [-0.15, -0.1) is 0 Å². The summed E-state index contributed by atoms with van der Waals surface area (Å²) in [6.07, 6.45) is 6.40. The van der Waals surface area contributed by atoms with E-state index in [1.807, 2.05) is 141 Å². The molecule has 0 saturated heterocycles. The molecule has 2 aliphatic heterocycles. The first-order valence-electron chi connectivity index (χ1n) is 22.5. The van der Waals surface area contributed by atoms with Gasteiger partial charge in [-0.3, -0.25) is 19.2 Å². The Morgan fingerprint density at radius 1 is 0.656 bits per heavy atom. The fraction of sp³-hybridized carbons (Fsp3) is 0.392. The summed E-state index contributed by atoms with van der Waals surface area (Å²) in [4.78, 5) is 67.3. The number of amides is 5. The number of anilines is 6. The van der Waals surface area contributed by atoms with E-state index in [2.05, 4.69) is 46.5 Å². The second-order valence-electron chi connectivity index (χ2n) is 17.6. The van der Waals surface area contributed by atoms with Gasteiger partial charge in [0, 0.05) is 78.4 Å². The number of carbonyl (C=O) groups excluding carboxylic acids is 5. The third-order valence-corrected chi connectivity index (χ3v) is 11.3. The van der Waals surface area contributed by atoms with Gasteiger partial charge >= 0.3 is 6.09 Å². The minimum Gasteiger partial charge on any atom is -0.444 e. The van der Waals surface area contributed by atoms with Crippen molar-refractivity contribution >= 4 is 69.9 Å². The number of rotatable bonds is 15. The van der Waals surface area contributed by atoms with Crippen molar-refractivity contribution in [1.82, 2.24) is 5.32 Å². The molecule has 6 rings (SSSR count). The van der Waals surface area contributed by atoms with Crippen LogP contribution >= 0.6 is 0 Å². The number of alkyl carbamates (subject to hydrolysis) is 1. The molecule has 0 spiro atoms. The summed E-state index contributed by atoms with van der Waals surface area (Å²) >= 11 is 0. The smallest absolute Gasteiger partial charge is 0.407 e. The van der Waals surface area contributed by atoms with E-state index in [0.29, 0.717) is 43.6 Å². The third kappa shape index (κ3) is 12.3. The van der Waals surface area contributed by atoms with Gasteiger partial charge < -0.3 is 41.1 Å². The van der Waals surface area contributed by atoms with E-state index in [-0.39, 0.29) is 60.6 Å². The number of fused-ring (bicyclic) bond motifs is 2. The molecule has 4 atom stereocenters. The highest BCUT2D eigenvalue weighted by molar-refractivity contribution is 5.97. The monoisotopic (exact) mass is 869 g/mol. The molecule has 2 aliphatic rings. The number of ether oxygens (including phenoxy) is 1. The van der Waals surface area contributed by atoms with Crippen LogP contribution in [0, 0.1) is 0 Å². The molecule has 13 nitrogen and oxygen atoms in total. The molecule has 5 amide bonds. The molecule has 5 N–H and O–H groups in total. The largest absolute Gasteiger partial charge is 0.444 e. The van der Waals surface area contributed by atoms with E-state index in [1.165, 1.54) is 0 Å². The van der Waals surface area contributed by atoms with Crippen LogP contribution in [0.25, 0.3) is 6.08 Å². The van der Waals surface area contributed by atoms with E-state index < -0.39 is 11.7 Å². The summed E-state index contributed by atoms with van der Waals surface area (Å²) in [5, 5.41) is 15.9. The van der Waals surface area contributed by atoms with Crippen molar-refractivity contribution in [1.29, 1.82) is 0 Å². The molecule has 4 aromatic rings. The molecule has 0 saturated carbocycles. The maximum atomic E-state index is 13.1. The Bertz CT molecular complexity index is 2320. The van der Waals surface area contributed by atoms with Gasteiger partial charge in [0.25, 0.3) is 0 Å². The Kier molecular flexibility index (Phi) is 15.5. The predicted octanol–water partition coefficient (Wildman–Crippen LogP) is 10.3. The number of para-hydroxylation sites is 1. The molecule has 0 radical (unpaired) electrons. The lowest BCUT2D eigenvalue weighted by atomic mass is 9.90. The number of hydrogen-bond acceptors (Lipinski definition) is 8. The highest BCUT2D eigenvalue weighted by Gasteiger charge is 2.34. The molecule has 4 aromatic carbocycles. The standard InChI is InChI=1S/C51H63N7O6/c1-8-48(61)57-33(3)30-42(40-15-10-11-16-44(40)57)53-36-20-24-38(25-21-36)55-46(59)17-12-18-47(60)56-39-26-22-37(23-27-39)54-43-31-34(4)58(49(62)9-2)45-32-35(19-28-41(43)45)14-13-29-52-50(63)64-51(5,6)7/h10-11,13-16,19-28,32-34,42-43,53-54H,8-9,12,17-18,29-31H2,1-7H3,(H,52,63)(H,55,59)(H,56,60)/b14-13+/t33-,34-,42+,43+/m0/s1. The number of hydrogen-bond donors (Lipinski definition) is 5. The predicted molar refractivity (Wildman–Crippen MR) is 257 cm³/mol. The minimum atomic E-state index is -0.576. The van der Waals surface area contributed by atoms with Gasteiger partial charge in [0.1, 0.15) is 5.60 Å². The lowest BCUT2D eigenvalue weighted by molar-refractivity contribution is -0.119. The SMILES string of the molecule is CCC(=O)N1c2ccccc2[C@H](Nc2ccc(NC(=O)CCCC(=O)Nc3ccc(N[C@@H]4C[C@H](C)N(C(=O)CC)c5cc(/C=C/CNC(=O)OC(C)(C)C)ccc54)cc3)cc2)C[C@@H]1C. The van der Waals surface area contributed by atoms with Crippen molar-refractivity contribution in [3.05, 3.63) is 114 Å². The Labute approximate surface area is 377 Å². The van der Waals surface area contributed by atoms with Gasteiger partial charge in [-0.2, -0.15) is 0 Å². The van der Waals surface area contributed by atoms with Gasteiger partial charge in [-0.05, 0) is 131 Å². The van der Waals surface area contributed by atoms with Gasteiger partial charge in [0.15, 0.2) is 0 Å². The second kappa shape index (κ2) is 21.2. The summed E-state index contributed by atoms with van der Waals surface area (Å²) in [7, 11) is 0. The zero-order chi connectivity index (χ0) is 46.0. The lowest BCUT2D eigenvalue weighted by Crippen LogP contribution is -2.44. The Morgan fingerprint density at radius 3 is 1.66 bits per heavy atom. The first kappa shape index (κ1) is 46.9. The van der Waals surface area contributed by atoms with Crippen LogP contribution in [0.4, 0.5) is 38.9 Å². The summed E-state index contributed by atoms with van der Waals surface area (Å²) < 4.78 is 5.31. The van der Waals surface area contributed by atoms with Crippen molar-refractivity contribution in [3.63, 3.8) is 0 Å². The van der Waals surface area contributed by atoms with Crippen LogP contribution in [0.2, 0.25) is 0 Å². The second-order valence-corrected chi connectivity index (χ2v) is 17.6. The lowest BCUT2D eigenvalue weighted by Gasteiger charge is -2.40. The van der Waals surface area contributed by atoms with Crippen LogP contribution in [-0.2, 0) is 23.9 Å². The van der Waals surface area contributed by atoms with Crippen LogP contribution < -0.4 is 36.4 Å². The van der Waals surface area contributed by atoms with Crippen LogP contribution in [0.5, 0.6) is 0 Å². The van der Waals surface area contributed by atoms with Crippen molar-refractivity contribution in [2.45, 2.75) is 123 Å². The van der Waals surface area contributed by atoms with Gasteiger partial charge in [0.2, 0.25) is 23.6 Å². The van der Waals surface area contributed by atoms with Crippen molar-refractivity contribution in [2.75, 3.05) is 37.6 Å². The average Bonchev–Trinajstić information content (AvgIpc) is 3.25. The number of carbonyl (C=O) groups is 5. The molecule has 0 unspecified atom stereocenters. The topological polar surface area (TPSA) is 161 Å². The van der Waals surface area contributed by atoms with Gasteiger partial charge in [0.05, 0.1) is 12.1 Å². The molecule has 338 valence electrons. The maximum Gasteiger partial charge on any atom is 0.407 e. The molecule has 64 heavy (non-hydrogen) atoms. The number of nitrogens with one attached hydrogen (secondary N) is 5. The average molecular weight is 870 g/mol. The van der Waals surface area contributed by atoms with Gasteiger partial charge in [-0.1, -0.05) is 56.3 Å². The van der Waals surface area contributed by atoms with Crippen LogP contribution in [-0.4, -0.2) is 54.0 Å². The number of nitrogens with zero attached hydrogens (tertiary/aromatic N) is 2. The Balaban J connectivity index is 0.965. The van der Waals surface area contributed by atoms with Gasteiger partial charge in [-0.25, -0.2) is 4.79 Å². The van der Waals surface area contributed by atoms with Crippen LogP contribution in [0.3, 0.4) is 0 Å². The summed E-state index contributed by atoms with van der Waals surface area (Å²) in [5.41, 5.74) is 7.34. The number of benzene rings is 4. The fourth-order valence-electron chi connectivity index (χ4n) is 8.38. The Morgan fingerprint density at radius 2 is 1.14 bits per heavy atom. The third-order valence-electron chi connectivity index (χ3n) is 11.3. The van der Waals surface area contributed by atoms with E-state index in [4.69, 9.17) is 4.74 Å². The van der Waals surface area contributed by atoms with Crippen molar-refractivity contribution in [2.24, 2.45) is 0 Å². The molecule has 0 aliphatic carbocycles. The Hall–Kier alpha value is -6.63. The summed E-state index contributed by atoms with van der Waals surface area (Å²) in [6.45, 7) is 13.6. The van der Waals surface area contributed by atoms with Crippen LogP contribution in [0.1, 0.15) is 122 Å². The minimum absolute atomic E-state index is 0.0386. The normalized spacial score (nSPS) is 18.0. The van der Waals surface area contributed by atoms with Crippen molar-refractivity contribution < 1.29 is 28.7 Å². The quantitative estimate of drug-likeness (QED) is 0.0789. The zero-order valence-corrected chi connectivity index (χ0v) is 38.1. The first-order chi connectivity index (χ1) is 30.6. The molecular weight excluding hydrogens is 807 g/mol. The fourth-order valence-corrected chi connectivity index (χ4v) is 8.38. The molecule has 0 fully saturated rings. The van der Waals surface area contributed by atoms with Crippen molar-refractivity contribution in [3.8, 4) is 0 Å². The molecular formula is C51H63N7O6. The van der Waals surface area contributed by atoms with E-state index in [0.717, 1.165) is 45.9 Å².